The van der Waals surface area contributed by atoms with Gasteiger partial charge in [0.2, 0.25) is 0 Å². The van der Waals surface area contributed by atoms with Crippen LogP contribution in [0.15, 0.2) is 168 Å². The number of furan rings is 1. The van der Waals surface area contributed by atoms with Crippen LogP contribution in [0, 0.1) is 0 Å². The molecule has 0 N–H and O–H groups in total. The van der Waals surface area contributed by atoms with E-state index >= 15 is 0 Å². The first-order chi connectivity index (χ1) is 24.3. The Balaban J connectivity index is 1.11. The SMILES string of the molecule is c1ccc(-c2ccc3c4ccc(-c5ccccc5)cc4n(-c4cccc(-c5nc(-c6ccc7c(c6)oc6ccccc67)ns5)c4)c3c2)cc1. The zero-order valence-corrected chi connectivity index (χ0v) is 27.1. The standard InChI is InChI=1S/C44H27N3OS/c1-3-10-28(11-4-1)30-18-21-35-36-22-19-31(29-12-5-2-6-13-29)26-40(36)47(39(35)25-30)34-15-9-14-33(24-34)44-45-43(46-49-44)32-20-23-38-37-16-7-8-17-41(37)48-42(38)27-32/h1-27H. The van der Waals surface area contributed by atoms with Gasteiger partial charge in [-0.25, -0.2) is 4.98 Å². The highest BCUT2D eigenvalue weighted by atomic mass is 32.1. The maximum absolute atomic E-state index is 6.15. The van der Waals surface area contributed by atoms with Crippen LogP contribution in [-0.4, -0.2) is 13.9 Å². The van der Waals surface area contributed by atoms with Crippen LogP contribution < -0.4 is 0 Å². The lowest BCUT2D eigenvalue weighted by Crippen LogP contribution is -1.95. The zero-order chi connectivity index (χ0) is 32.3. The van der Waals surface area contributed by atoms with Crippen molar-refractivity contribution in [2.75, 3.05) is 0 Å². The summed E-state index contributed by atoms with van der Waals surface area (Å²) in [5, 5.41) is 5.53. The van der Waals surface area contributed by atoms with E-state index in [0.717, 1.165) is 54.8 Å². The molecule has 0 unspecified atom stereocenters. The Labute approximate surface area is 286 Å². The lowest BCUT2D eigenvalue weighted by Gasteiger charge is -2.11. The lowest BCUT2D eigenvalue weighted by atomic mass is 10.0. The number of aromatic nitrogens is 3. The zero-order valence-electron chi connectivity index (χ0n) is 26.2. The molecule has 0 atom stereocenters. The van der Waals surface area contributed by atoms with Gasteiger partial charge in [-0.3, -0.25) is 0 Å². The Morgan fingerprint density at radius 1 is 0.429 bits per heavy atom. The Hall–Kier alpha value is -6.30. The second-order valence-electron chi connectivity index (χ2n) is 12.3. The first-order valence-electron chi connectivity index (χ1n) is 16.3. The van der Waals surface area contributed by atoms with E-state index in [1.54, 1.807) is 0 Å². The van der Waals surface area contributed by atoms with Crippen LogP contribution in [0.2, 0.25) is 0 Å². The summed E-state index contributed by atoms with van der Waals surface area (Å²) >= 11 is 1.42. The molecule has 3 aromatic heterocycles. The summed E-state index contributed by atoms with van der Waals surface area (Å²) in [7, 11) is 0. The van der Waals surface area contributed by atoms with Crippen LogP contribution in [0.5, 0.6) is 0 Å². The minimum Gasteiger partial charge on any atom is -0.456 e. The predicted octanol–water partition coefficient (Wildman–Crippen LogP) is 12.2. The molecule has 0 amide bonds. The largest absolute Gasteiger partial charge is 0.456 e. The summed E-state index contributed by atoms with van der Waals surface area (Å²) in [5.41, 5.74) is 11.9. The molecule has 10 aromatic rings. The smallest absolute Gasteiger partial charge is 0.173 e. The quantitative estimate of drug-likeness (QED) is 0.187. The summed E-state index contributed by atoms with van der Waals surface area (Å²) in [4.78, 5) is 5.02. The summed E-state index contributed by atoms with van der Waals surface area (Å²) < 4.78 is 13.3. The molecule has 0 aliphatic carbocycles. The van der Waals surface area contributed by atoms with Gasteiger partial charge in [-0.1, -0.05) is 121 Å². The van der Waals surface area contributed by atoms with E-state index in [0.29, 0.717) is 5.82 Å². The average molecular weight is 646 g/mol. The van der Waals surface area contributed by atoms with Crippen molar-refractivity contribution in [1.29, 1.82) is 0 Å². The molecule has 3 heterocycles. The second kappa shape index (κ2) is 11.2. The van der Waals surface area contributed by atoms with Gasteiger partial charge in [-0.15, -0.1) is 0 Å². The Morgan fingerprint density at radius 2 is 1.02 bits per heavy atom. The molecular formula is C44H27N3OS. The summed E-state index contributed by atoms with van der Waals surface area (Å²) in [6, 6.07) is 57.8. The molecule has 4 nitrogen and oxygen atoms in total. The summed E-state index contributed by atoms with van der Waals surface area (Å²) in [5.74, 6) is 0.699. The van der Waals surface area contributed by atoms with Crippen molar-refractivity contribution in [1.82, 2.24) is 13.9 Å². The van der Waals surface area contributed by atoms with Crippen molar-refractivity contribution < 1.29 is 4.42 Å². The molecule has 7 aromatic carbocycles. The molecule has 49 heavy (non-hydrogen) atoms. The first-order valence-corrected chi connectivity index (χ1v) is 17.1. The van der Waals surface area contributed by atoms with Gasteiger partial charge in [0.1, 0.15) is 16.2 Å². The van der Waals surface area contributed by atoms with Crippen molar-refractivity contribution in [3.63, 3.8) is 0 Å². The third-order valence-electron chi connectivity index (χ3n) is 9.40. The normalized spacial score (nSPS) is 11.7. The van der Waals surface area contributed by atoms with Crippen LogP contribution in [-0.2, 0) is 0 Å². The number of hydrogen-bond donors (Lipinski definition) is 0. The van der Waals surface area contributed by atoms with Crippen LogP contribution in [0.3, 0.4) is 0 Å². The molecule has 0 fully saturated rings. The monoisotopic (exact) mass is 645 g/mol. The number of rotatable bonds is 5. The van der Waals surface area contributed by atoms with Crippen molar-refractivity contribution in [2.24, 2.45) is 0 Å². The molecule has 0 aliphatic rings. The van der Waals surface area contributed by atoms with Gasteiger partial charge < -0.3 is 8.98 Å². The van der Waals surface area contributed by atoms with E-state index in [1.165, 1.54) is 44.6 Å². The van der Waals surface area contributed by atoms with Crippen molar-refractivity contribution in [2.45, 2.75) is 0 Å². The fourth-order valence-corrected chi connectivity index (χ4v) is 7.70. The van der Waals surface area contributed by atoms with E-state index in [1.807, 2.05) is 24.3 Å². The van der Waals surface area contributed by atoms with E-state index in [2.05, 4.69) is 144 Å². The van der Waals surface area contributed by atoms with E-state index in [-0.39, 0.29) is 0 Å². The summed E-state index contributed by atoms with van der Waals surface area (Å²) in [6.45, 7) is 0. The second-order valence-corrected chi connectivity index (χ2v) is 13.1. The molecule has 5 heteroatoms. The van der Waals surface area contributed by atoms with Crippen molar-refractivity contribution in [3.05, 3.63) is 164 Å². The predicted molar refractivity (Wildman–Crippen MR) is 203 cm³/mol. The number of fused-ring (bicyclic) bond motifs is 6. The van der Waals surface area contributed by atoms with Gasteiger partial charge in [0.15, 0.2) is 5.82 Å². The fourth-order valence-electron chi connectivity index (χ4n) is 7.02. The maximum atomic E-state index is 6.15. The number of nitrogens with zero attached hydrogens (tertiary/aromatic N) is 3. The molecule has 0 saturated heterocycles. The molecule has 0 bridgehead atoms. The Morgan fingerprint density at radius 3 is 1.73 bits per heavy atom. The Kier molecular flexibility index (Phi) is 6.32. The van der Waals surface area contributed by atoms with Crippen LogP contribution >= 0.6 is 11.5 Å². The Bertz CT molecular complexity index is 2730. The topological polar surface area (TPSA) is 43.9 Å². The third kappa shape index (κ3) is 4.66. The van der Waals surface area contributed by atoms with Gasteiger partial charge in [0.25, 0.3) is 0 Å². The summed E-state index contributed by atoms with van der Waals surface area (Å²) in [6.07, 6.45) is 0. The van der Waals surface area contributed by atoms with Gasteiger partial charge in [-0.2, -0.15) is 4.37 Å². The molecular weight excluding hydrogens is 619 g/mol. The first kappa shape index (κ1) is 27.8. The third-order valence-corrected chi connectivity index (χ3v) is 10.2. The van der Waals surface area contributed by atoms with Crippen LogP contribution in [0.25, 0.3) is 93.6 Å². The van der Waals surface area contributed by atoms with Gasteiger partial charge in [-0.05, 0) is 76.3 Å². The molecule has 0 aliphatic heterocycles. The van der Waals surface area contributed by atoms with Crippen LogP contribution in [0.1, 0.15) is 0 Å². The lowest BCUT2D eigenvalue weighted by molar-refractivity contribution is 0.669. The highest BCUT2D eigenvalue weighted by molar-refractivity contribution is 7.09. The molecule has 0 radical (unpaired) electrons. The van der Waals surface area contributed by atoms with Crippen LogP contribution in [0.4, 0.5) is 0 Å². The highest BCUT2D eigenvalue weighted by Crippen LogP contribution is 2.38. The number of benzene rings is 7. The van der Waals surface area contributed by atoms with E-state index in [9.17, 15) is 0 Å². The average Bonchev–Trinajstić information content (AvgIpc) is 3.89. The van der Waals surface area contributed by atoms with Crippen molar-refractivity contribution >= 4 is 55.3 Å². The van der Waals surface area contributed by atoms with Gasteiger partial charge in [0, 0.05) is 38.4 Å². The molecule has 10 rings (SSSR count). The van der Waals surface area contributed by atoms with Gasteiger partial charge in [0.05, 0.1) is 11.0 Å². The van der Waals surface area contributed by atoms with E-state index in [4.69, 9.17) is 13.8 Å². The molecule has 0 saturated carbocycles. The number of hydrogen-bond acceptors (Lipinski definition) is 4. The maximum Gasteiger partial charge on any atom is 0.173 e. The van der Waals surface area contributed by atoms with E-state index < -0.39 is 0 Å². The number of para-hydroxylation sites is 1. The minimum atomic E-state index is 0.699. The molecule has 0 spiro atoms. The highest BCUT2D eigenvalue weighted by Gasteiger charge is 2.17. The minimum absolute atomic E-state index is 0.699. The fraction of sp³-hybridized carbons (Fsp3) is 0. The van der Waals surface area contributed by atoms with Crippen molar-refractivity contribution in [3.8, 4) is 49.9 Å². The van der Waals surface area contributed by atoms with Gasteiger partial charge >= 0.3 is 0 Å². The molecule has 230 valence electrons.